The van der Waals surface area contributed by atoms with Crippen molar-refractivity contribution in [2.45, 2.75) is 0 Å². The first-order valence-electron chi connectivity index (χ1n) is 17.2. The van der Waals surface area contributed by atoms with Crippen LogP contribution in [0.25, 0.3) is 120 Å². The van der Waals surface area contributed by atoms with Gasteiger partial charge in [0.15, 0.2) is 0 Å². The van der Waals surface area contributed by atoms with Crippen LogP contribution in [-0.2, 0) is 0 Å². The lowest BCUT2D eigenvalue weighted by Gasteiger charge is -2.16. The molecule has 0 amide bonds. The van der Waals surface area contributed by atoms with Crippen LogP contribution < -0.4 is 0 Å². The molecule has 0 aliphatic rings. The highest BCUT2D eigenvalue weighted by Crippen LogP contribution is 2.44. The van der Waals surface area contributed by atoms with Gasteiger partial charge in [-0.25, -0.2) is 0 Å². The number of rotatable bonds is 2. The van der Waals surface area contributed by atoms with Gasteiger partial charge in [-0.1, -0.05) is 121 Å². The van der Waals surface area contributed by atoms with Gasteiger partial charge in [0.25, 0.3) is 0 Å². The predicted molar refractivity (Wildman–Crippen MR) is 211 cm³/mol. The number of hydrogen-bond acceptors (Lipinski definition) is 2. The fourth-order valence-corrected chi connectivity index (χ4v) is 8.65. The van der Waals surface area contributed by atoms with Gasteiger partial charge in [0.05, 0.1) is 0 Å². The van der Waals surface area contributed by atoms with Crippen molar-refractivity contribution in [3.8, 4) is 22.3 Å². The van der Waals surface area contributed by atoms with Gasteiger partial charge < -0.3 is 8.83 Å². The monoisotopic (exact) mass is 634 g/mol. The summed E-state index contributed by atoms with van der Waals surface area (Å²) in [7, 11) is 0. The van der Waals surface area contributed by atoms with Crippen molar-refractivity contribution in [3.05, 3.63) is 158 Å². The lowest BCUT2D eigenvalue weighted by molar-refractivity contribution is 0.672. The van der Waals surface area contributed by atoms with Crippen molar-refractivity contribution in [3.63, 3.8) is 0 Å². The van der Waals surface area contributed by atoms with Crippen molar-refractivity contribution in [2.24, 2.45) is 0 Å². The Labute approximate surface area is 285 Å². The van der Waals surface area contributed by atoms with Gasteiger partial charge in [0.2, 0.25) is 0 Å². The van der Waals surface area contributed by atoms with Crippen LogP contribution >= 0.6 is 0 Å². The zero-order valence-electron chi connectivity index (χ0n) is 26.8. The Morgan fingerprint density at radius 2 is 0.760 bits per heavy atom. The minimum atomic E-state index is 0.914. The molecule has 12 aromatic rings. The van der Waals surface area contributed by atoms with Gasteiger partial charge in [0.1, 0.15) is 22.3 Å². The summed E-state index contributed by atoms with van der Waals surface area (Å²) in [5.74, 6) is 0. The summed E-state index contributed by atoms with van der Waals surface area (Å²) in [4.78, 5) is 0. The van der Waals surface area contributed by atoms with E-state index < -0.39 is 0 Å². The molecular formula is C48H26O2. The smallest absolute Gasteiger partial charge is 0.143 e. The Balaban J connectivity index is 1.06. The minimum absolute atomic E-state index is 0.914. The Bertz CT molecular complexity index is 3370. The van der Waals surface area contributed by atoms with Crippen molar-refractivity contribution in [2.75, 3.05) is 0 Å². The molecule has 0 aliphatic heterocycles. The van der Waals surface area contributed by atoms with E-state index in [4.69, 9.17) is 8.83 Å². The number of hydrogen-bond donors (Lipinski definition) is 0. The van der Waals surface area contributed by atoms with Gasteiger partial charge in [0, 0.05) is 32.3 Å². The summed E-state index contributed by atoms with van der Waals surface area (Å²) in [6.07, 6.45) is 0. The lowest BCUT2D eigenvalue weighted by atomic mass is 9.87. The van der Waals surface area contributed by atoms with E-state index in [0.717, 1.165) is 60.2 Å². The van der Waals surface area contributed by atoms with E-state index in [2.05, 4.69) is 158 Å². The van der Waals surface area contributed by atoms with Gasteiger partial charge in [-0.3, -0.25) is 0 Å². The summed E-state index contributed by atoms with van der Waals surface area (Å²) < 4.78 is 13.0. The van der Waals surface area contributed by atoms with Crippen LogP contribution in [0.15, 0.2) is 167 Å². The molecule has 0 saturated carbocycles. The second kappa shape index (κ2) is 9.49. The molecule has 50 heavy (non-hydrogen) atoms. The molecule has 2 aromatic heterocycles. The molecule has 230 valence electrons. The van der Waals surface area contributed by atoms with Gasteiger partial charge >= 0.3 is 0 Å². The highest BCUT2D eigenvalue weighted by atomic mass is 16.3. The van der Waals surface area contributed by atoms with Crippen LogP contribution in [0, 0.1) is 0 Å². The van der Waals surface area contributed by atoms with E-state index >= 15 is 0 Å². The fraction of sp³-hybridized carbons (Fsp3) is 0. The first kappa shape index (κ1) is 26.3. The van der Waals surface area contributed by atoms with E-state index in [1.807, 2.05) is 0 Å². The summed E-state index contributed by atoms with van der Waals surface area (Å²) in [5.41, 5.74) is 8.51. The van der Waals surface area contributed by atoms with Crippen molar-refractivity contribution < 1.29 is 8.83 Å². The van der Waals surface area contributed by atoms with Crippen molar-refractivity contribution >= 4 is 97.7 Å². The third-order valence-corrected chi connectivity index (χ3v) is 11.0. The first-order valence-corrected chi connectivity index (χ1v) is 17.2. The van der Waals surface area contributed by atoms with Crippen LogP contribution in [0.1, 0.15) is 0 Å². The molecule has 0 N–H and O–H groups in total. The highest BCUT2D eigenvalue weighted by Gasteiger charge is 2.18. The number of furan rings is 2. The molecule has 0 bridgehead atoms. The third-order valence-electron chi connectivity index (χ3n) is 11.0. The van der Waals surface area contributed by atoms with Gasteiger partial charge in [-0.15, -0.1) is 0 Å². The molecule has 12 rings (SSSR count). The zero-order chi connectivity index (χ0) is 32.5. The maximum atomic E-state index is 6.58. The first-order chi connectivity index (χ1) is 24.8. The Hall–Kier alpha value is -6.64. The standard InChI is InChI=1S/C48H26O2/c1-3-7-35-27(5-1)9-22-40-37-19-15-32(26-44(37)50-47(35)40)34-18-12-30-13-20-38-33(17-11-29-14-21-39(34)46(30)45(29)38)31-16-24-43-42(25-31)41-23-10-28-6-2-4-8-36(28)48(41)49-43/h1-26H. The van der Waals surface area contributed by atoms with E-state index in [1.165, 1.54) is 59.8 Å². The van der Waals surface area contributed by atoms with E-state index in [1.54, 1.807) is 0 Å². The largest absolute Gasteiger partial charge is 0.455 e. The fourth-order valence-electron chi connectivity index (χ4n) is 8.65. The predicted octanol–water partition coefficient (Wildman–Crippen LogP) is 14.0. The molecule has 0 radical (unpaired) electrons. The molecule has 0 fully saturated rings. The van der Waals surface area contributed by atoms with Crippen LogP contribution in [0.5, 0.6) is 0 Å². The molecule has 2 nitrogen and oxygen atoms in total. The summed E-state index contributed by atoms with van der Waals surface area (Å²) in [5, 5.41) is 16.9. The van der Waals surface area contributed by atoms with E-state index in [-0.39, 0.29) is 0 Å². The maximum Gasteiger partial charge on any atom is 0.143 e. The van der Waals surface area contributed by atoms with E-state index in [0.29, 0.717) is 0 Å². The topological polar surface area (TPSA) is 26.3 Å². The molecule has 0 saturated heterocycles. The Kier molecular flexibility index (Phi) is 5.00. The van der Waals surface area contributed by atoms with Crippen molar-refractivity contribution in [1.82, 2.24) is 0 Å². The second-order valence-electron chi connectivity index (χ2n) is 13.6. The minimum Gasteiger partial charge on any atom is -0.455 e. The molecular weight excluding hydrogens is 609 g/mol. The lowest BCUT2D eigenvalue weighted by Crippen LogP contribution is -1.89. The third kappa shape index (κ3) is 3.47. The SMILES string of the molecule is c1ccc2c(c1)ccc1c3ccc(-c4ccc5ccc6c(-c7ccc8oc9c%10ccccc%10ccc9c8c7)ccc7ccc4c5c76)cc3oc21. The van der Waals surface area contributed by atoms with Crippen LogP contribution in [-0.4, -0.2) is 0 Å². The van der Waals surface area contributed by atoms with Crippen LogP contribution in [0.4, 0.5) is 0 Å². The summed E-state index contributed by atoms with van der Waals surface area (Å²) >= 11 is 0. The zero-order valence-corrected chi connectivity index (χ0v) is 26.8. The quantitative estimate of drug-likeness (QED) is 0.177. The number of fused-ring (bicyclic) bond motifs is 10. The number of benzene rings is 10. The average Bonchev–Trinajstić information content (AvgIpc) is 3.75. The Morgan fingerprint density at radius 1 is 0.280 bits per heavy atom. The maximum absolute atomic E-state index is 6.58. The molecule has 10 aromatic carbocycles. The summed E-state index contributed by atoms with van der Waals surface area (Å²) in [6, 6.07) is 57.2. The molecule has 0 aliphatic carbocycles. The van der Waals surface area contributed by atoms with E-state index in [9.17, 15) is 0 Å². The molecule has 0 atom stereocenters. The normalized spacial score (nSPS) is 12.4. The molecule has 0 spiro atoms. The van der Waals surface area contributed by atoms with Gasteiger partial charge in [-0.05, 0) is 102 Å². The van der Waals surface area contributed by atoms with Crippen molar-refractivity contribution in [1.29, 1.82) is 0 Å². The van der Waals surface area contributed by atoms with Crippen LogP contribution in [0.3, 0.4) is 0 Å². The average molecular weight is 635 g/mol. The highest BCUT2D eigenvalue weighted by molar-refractivity contribution is 6.28. The van der Waals surface area contributed by atoms with Gasteiger partial charge in [-0.2, -0.15) is 0 Å². The Morgan fingerprint density at radius 3 is 1.42 bits per heavy atom. The molecule has 2 heteroatoms. The summed E-state index contributed by atoms with van der Waals surface area (Å²) in [6.45, 7) is 0. The molecule has 2 heterocycles. The van der Waals surface area contributed by atoms with Crippen LogP contribution in [0.2, 0.25) is 0 Å². The second-order valence-corrected chi connectivity index (χ2v) is 13.6. The molecule has 0 unspecified atom stereocenters.